The Hall–Kier alpha value is -3.61. The molecule has 3 aromatic rings. The number of rotatable bonds is 5. The van der Waals surface area contributed by atoms with E-state index in [0.29, 0.717) is 31.6 Å². The molecule has 2 heterocycles. The van der Waals surface area contributed by atoms with Gasteiger partial charge in [0.2, 0.25) is 5.91 Å². The van der Waals surface area contributed by atoms with Gasteiger partial charge in [-0.05, 0) is 31.0 Å². The number of hydrogen-bond acceptors (Lipinski definition) is 4. The summed E-state index contributed by atoms with van der Waals surface area (Å²) in [4.78, 5) is 38.0. The average molecular weight is 432 g/mol. The van der Waals surface area contributed by atoms with Crippen LogP contribution in [0.5, 0.6) is 0 Å². The van der Waals surface area contributed by atoms with Crippen molar-refractivity contribution in [1.82, 2.24) is 19.8 Å². The first-order chi connectivity index (χ1) is 15.5. The first-order valence-corrected chi connectivity index (χ1v) is 10.7. The predicted molar refractivity (Wildman–Crippen MR) is 119 cm³/mol. The van der Waals surface area contributed by atoms with E-state index in [1.165, 1.54) is 12.3 Å². The molecule has 0 N–H and O–H groups in total. The molecule has 0 aliphatic carbocycles. The van der Waals surface area contributed by atoms with Crippen LogP contribution in [0.4, 0.5) is 4.39 Å². The molecule has 1 aromatic heterocycles. The number of hydrogen-bond donors (Lipinski definition) is 0. The van der Waals surface area contributed by atoms with Crippen molar-refractivity contribution in [1.29, 1.82) is 0 Å². The lowest BCUT2D eigenvalue weighted by Crippen LogP contribution is -2.59. The second-order valence-electron chi connectivity index (χ2n) is 7.86. The molecule has 1 atom stereocenters. The van der Waals surface area contributed by atoms with Crippen molar-refractivity contribution < 1.29 is 14.0 Å². The molecule has 1 fully saturated rings. The van der Waals surface area contributed by atoms with Gasteiger partial charge in [-0.2, -0.15) is 0 Å². The molecule has 2 amide bonds. The maximum atomic E-state index is 14.1. The number of aromatic nitrogens is 2. The van der Waals surface area contributed by atoms with Crippen LogP contribution in [-0.2, 0) is 11.2 Å². The summed E-state index contributed by atoms with van der Waals surface area (Å²) >= 11 is 0. The van der Waals surface area contributed by atoms with Crippen LogP contribution in [0.2, 0.25) is 0 Å². The quantitative estimate of drug-likeness (QED) is 0.619. The molecular formula is C25H25FN4O2. The highest BCUT2D eigenvalue weighted by atomic mass is 19.1. The van der Waals surface area contributed by atoms with E-state index >= 15 is 0 Å². The maximum Gasteiger partial charge on any atom is 0.274 e. The monoisotopic (exact) mass is 432 g/mol. The number of piperazine rings is 1. The van der Waals surface area contributed by atoms with E-state index in [1.807, 2.05) is 31.2 Å². The van der Waals surface area contributed by atoms with Gasteiger partial charge in [0.05, 0.1) is 11.9 Å². The third-order valence-electron chi connectivity index (χ3n) is 5.79. The SMILES string of the molecule is CCN1CCN(C(=O)c2cnc(C)cn2)C(Cc2ccc(-c3ccccc3F)cc2)C1=O. The maximum absolute atomic E-state index is 14.1. The molecule has 2 aromatic carbocycles. The molecule has 1 aliphatic heterocycles. The van der Waals surface area contributed by atoms with E-state index in [4.69, 9.17) is 0 Å². The largest absolute Gasteiger partial charge is 0.339 e. The highest BCUT2D eigenvalue weighted by Gasteiger charge is 2.37. The number of likely N-dealkylation sites (N-methyl/N-ethyl adjacent to an activating group) is 1. The first-order valence-electron chi connectivity index (χ1n) is 10.7. The summed E-state index contributed by atoms with van der Waals surface area (Å²) in [5.41, 5.74) is 3.14. The summed E-state index contributed by atoms with van der Waals surface area (Å²) in [7, 11) is 0. The molecule has 0 saturated carbocycles. The fourth-order valence-electron chi connectivity index (χ4n) is 3.98. The standard InChI is InChI=1S/C25H25FN4O2/c1-3-29-12-13-30(24(31)22-16-27-17(2)15-28-22)23(25(29)32)14-18-8-10-19(11-9-18)20-6-4-5-7-21(20)26/h4-11,15-16,23H,3,12-14H2,1-2H3. The first kappa shape index (κ1) is 21.6. The van der Waals surface area contributed by atoms with Crippen LogP contribution in [0.1, 0.15) is 28.7 Å². The summed E-state index contributed by atoms with van der Waals surface area (Å²) in [6.45, 7) is 5.25. The Labute approximate surface area is 186 Å². The second-order valence-corrected chi connectivity index (χ2v) is 7.86. The summed E-state index contributed by atoms with van der Waals surface area (Å²) in [6.07, 6.45) is 3.38. The van der Waals surface area contributed by atoms with Crippen molar-refractivity contribution in [2.75, 3.05) is 19.6 Å². The number of nitrogens with zero attached hydrogens (tertiary/aromatic N) is 4. The normalized spacial score (nSPS) is 16.3. The minimum atomic E-state index is -0.626. The summed E-state index contributed by atoms with van der Waals surface area (Å²) < 4.78 is 14.1. The molecule has 1 aliphatic rings. The van der Waals surface area contributed by atoms with Crippen molar-refractivity contribution in [3.05, 3.63) is 83.7 Å². The highest BCUT2D eigenvalue weighted by molar-refractivity contribution is 5.96. The van der Waals surface area contributed by atoms with Gasteiger partial charge in [-0.25, -0.2) is 9.37 Å². The van der Waals surface area contributed by atoms with Crippen molar-refractivity contribution >= 4 is 11.8 Å². The van der Waals surface area contributed by atoms with E-state index in [2.05, 4.69) is 9.97 Å². The van der Waals surface area contributed by atoms with Crippen LogP contribution >= 0.6 is 0 Å². The lowest BCUT2D eigenvalue weighted by molar-refractivity contribution is -0.139. The van der Waals surface area contributed by atoms with Gasteiger partial charge in [0.25, 0.3) is 5.91 Å². The third kappa shape index (κ3) is 4.37. The highest BCUT2D eigenvalue weighted by Crippen LogP contribution is 2.24. The zero-order chi connectivity index (χ0) is 22.7. The lowest BCUT2D eigenvalue weighted by atomic mass is 9.97. The molecule has 6 nitrogen and oxygen atoms in total. The van der Waals surface area contributed by atoms with Gasteiger partial charge in [-0.3, -0.25) is 14.6 Å². The molecule has 1 saturated heterocycles. The van der Waals surface area contributed by atoms with Gasteiger partial charge in [0.15, 0.2) is 0 Å². The fraction of sp³-hybridized carbons (Fsp3) is 0.280. The van der Waals surface area contributed by atoms with Gasteiger partial charge < -0.3 is 9.80 Å². The number of benzene rings is 2. The number of aryl methyl sites for hydroxylation is 1. The zero-order valence-corrected chi connectivity index (χ0v) is 18.2. The lowest BCUT2D eigenvalue weighted by Gasteiger charge is -2.40. The van der Waals surface area contributed by atoms with Crippen LogP contribution < -0.4 is 0 Å². The Bertz CT molecular complexity index is 1120. The van der Waals surface area contributed by atoms with E-state index in [1.54, 1.807) is 41.1 Å². The summed E-state index contributed by atoms with van der Waals surface area (Å²) in [6, 6.07) is 13.4. The summed E-state index contributed by atoms with van der Waals surface area (Å²) in [5.74, 6) is -0.655. The number of carbonyl (C=O) groups is 2. The van der Waals surface area contributed by atoms with Crippen LogP contribution in [-0.4, -0.2) is 57.3 Å². The van der Waals surface area contributed by atoms with Crippen LogP contribution in [0.3, 0.4) is 0 Å². The van der Waals surface area contributed by atoms with Crippen molar-refractivity contribution in [2.45, 2.75) is 26.3 Å². The van der Waals surface area contributed by atoms with Crippen molar-refractivity contribution in [3.8, 4) is 11.1 Å². The third-order valence-corrected chi connectivity index (χ3v) is 5.79. The Morgan fingerprint density at radius 3 is 2.47 bits per heavy atom. The molecule has 32 heavy (non-hydrogen) atoms. The smallest absolute Gasteiger partial charge is 0.274 e. The van der Waals surface area contributed by atoms with Gasteiger partial charge in [0, 0.05) is 37.8 Å². The minimum Gasteiger partial charge on any atom is -0.339 e. The minimum absolute atomic E-state index is 0.0784. The number of halogens is 1. The molecule has 164 valence electrons. The molecule has 0 radical (unpaired) electrons. The molecular weight excluding hydrogens is 407 g/mol. The van der Waals surface area contributed by atoms with Crippen LogP contribution in [0, 0.1) is 12.7 Å². The van der Waals surface area contributed by atoms with E-state index < -0.39 is 6.04 Å². The number of carbonyl (C=O) groups excluding carboxylic acids is 2. The molecule has 4 rings (SSSR count). The van der Waals surface area contributed by atoms with Crippen LogP contribution in [0.15, 0.2) is 60.9 Å². The van der Waals surface area contributed by atoms with E-state index in [9.17, 15) is 14.0 Å². The van der Waals surface area contributed by atoms with E-state index in [0.717, 1.165) is 16.8 Å². The second kappa shape index (κ2) is 9.26. The molecule has 7 heteroatoms. The van der Waals surface area contributed by atoms with Crippen molar-refractivity contribution in [3.63, 3.8) is 0 Å². The average Bonchev–Trinajstić information content (AvgIpc) is 2.81. The van der Waals surface area contributed by atoms with Crippen LogP contribution in [0.25, 0.3) is 11.1 Å². The molecule has 1 unspecified atom stereocenters. The zero-order valence-electron chi connectivity index (χ0n) is 18.2. The Balaban J connectivity index is 1.59. The van der Waals surface area contributed by atoms with Gasteiger partial charge in [0.1, 0.15) is 17.6 Å². The molecule has 0 spiro atoms. The van der Waals surface area contributed by atoms with E-state index in [-0.39, 0.29) is 23.3 Å². The van der Waals surface area contributed by atoms with Gasteiger partial charge in [-0.1, -0.05) is 42.5 Å². The van der Waals surface area contributed by atoms with Gasteiger partial charge in [-0.15, -0.1) is 0 Å². The summed E-state index contributed by atoms with van der Waals surface area (Å²) in [5, 5.41) is 0. The topological polar surface area (TPSA) is 66.4 Å². The fourth-order valence-corrected chi connectivity index (χ4v) is 3.98. The van der Waals surface area contributed by atoms with Gasteiger partial charge >= 0.3 is 0 Å². The predicted octanol–water partition coefficient (Wildman–Crippen LogP) is 3.51. The Kier molecular flexibility index (Phi) is 6.25. The molecule has 0 bridgehead atoms. The Morgan fingerprint density at radius 2 is 1.81 bits per heavy atom. The Morgan fingerprint density at radius 1 is 1.06 bits per heavy atom. The number of amides is 2. The van der Waals surface area contributed by atoms with Crippen molar-refractivity contribution in [2.24, 2.45) is 0 Å².